The van der Waals surface area contributed by atoms with Gasteiger partial charge < -0.3 is 4.74 Å². The van der Waals surface area contributed by atoms with Crippen LogP contribution >= 0.6 is 0 Å². The molecule has 0 atom stereocenters. The van der Waals surface area contributed by atoms with E-state index < -0.39 is 16.0 Å². The van der Waals surface area contributed by atoms with Crippen molar-refractivity contribution in [3.8, 4) is 0 Å². The van der Waals surface area contributed by atoms with Crippen molar-refractivity contribution in [1.82, 2.24) is 0 Å². The Morgan fingerprint density at radius 1 is 1.04 bits per heavy atom. The second-order valence-corrected chi connectivity index (χ2v) is 8.24. The SMILES string of the molecule is CCOC(=O)CN(c1ccc(C(C)C)cc1)S(=O)(=O)c1ccc(C)cc1. The largest absolute Gasteiger partial charge is 0.465 e. The van der Waals surface area contributed by atoms with E-state index in [1.54, 1.807) is 43.3 Å². The summed E-state index contributed by atoms with van der Waals surface area (Å²) in [5.41, 5.74) is 2.49. The number of carbonyl (C=O) groups excluding carboxylic acids is 1. The molecule has 0 heterocycles. The van der Waals surface area contributed by atoms with Crippen LogP contribution in [0.1, 0.15) is 37.8 Å². The van der Waals surface area contributed by atoms with E-state index in [-0.39, 0.29) is 18.0 Å². The molecule has 0 saturated heterocycles. The molecule has 0 N–H and O–H groups in total. The minimum atomic E-state index is -3.88. The van der Waals surface area contributed by atoms with E-state index in [0.717, 1.165) is 15.4 Å². The molecule has 5 nitrogen and oxygen atoms in total. The van der Waals surface area contributed by atoms with E-state index >= 15 is 0 Å². The van der Waals surface area contributed by atoms with Gasteiger partial charge in [-0.15, -0.1) is 0 Å². The Kier molecular flexibility index (Phi) is 6.42. The summed E-state index contributed by atoms with van der Waals surface area (Å²) in [6.45, 7) is 7.53. The minimum Gasteiger partial charge on any atom is -0.465 e. The number of aryl methyl sites for hydroxylation is 1. The Morgan fingerprint density at radius 3 is 2.12 bits per heavy atom. The lowest BCUT2D eigenvalue weighted by Gasteiger charge is -2.24. The maximum atomic E-state index is 13.1. The predicted octanol–water partition coefficient (Wildman–Crippen LogP) is 3.88. The fourth-order valence-electron chi connectivity index (χ4n) is 2.50. The van der Waals surface area contributed by atoms with E-state index in [9.17, 15) is 13.2 Å². The summed E-state index contributed by atoms with van der Waals surface area (Å²) >= 11 is 0. The zero-order chi connectivity index (χ0) is 19.3. The van der Waals surface area contributed by atoms with Gasteiger partial charge in [-0.05, 0) is 49.6 Å². The van der Waals surface area contributed by atoms with Crippen molar-refractivity contribution >= 4 is 21.7 Å². The molecule has 0 aromatic heterocycles. The molecule has 26 heavy (non-hydrogen) atoms. The second kappa shape index (κ2) is 8.36. The van der Waals surface area contributed by atoms with Crippen LogP contribution in [0.25, 0.3) is 0 Å². The molecule has 140 valence electrons. The molecule has 2 aromatic rings. The number of hydrogen-bond acceptors (Lipinski definition) is 4. The molecular formula is C20H25NO4S. The van der Waals surface area contributed by atoms with Crippen molar-refractivity contribution in [3.05, 3.63) is 59.7 Å². The summed E-state index contributed by atoms with van der Waals surface area (Å²) in [6, 6.07) is 13.8. The van der Waals surface area contributed by atoms with Crippen LogP contribution in [-0.2, 0) is 19.6 Å². The molecule has 0 fully saturated rings. The van der Waals surface area contributed by atoms with Gasteiger partial charge in [0.15, 0.2) is 0 Å². The lowest BCUT2D eigenvalue weighted by atomic mass is 10.0. The average molecular weight is 375 g/mol. The molecule has 0 spiro atoms. The maximum Gasteiger partial charge on any atom is 0.326 e. The summed E-state index contributed by atoms with van der Waals surface area (Å²) < 4.78 is 32.3. The Hall–Kier alpha value is -2.34. The monoisotopic (exact) mass is 375 g/mol. The van der Waals surface area contributed by atoms with Crippen LogP contribution in [-0.4, -0.2) is 27.5 Å². The number of hydrogen-bond donors (Lipinski definition) is 0. The summed E-state index contributed by atoms with van der Waals surface area (Å²) in [6.07, 6.45) is 0. The molecule has 2 rings (SSSR count). The van der Waals surface area contributed by atoms with E-state index in [1.807, 2.05) is 19.1 Å². The normalized spacial score (nSPS) is 11.4. The van der Waals surface area contributed by atoms with Crippen molar-refractivity contribution in [2.75, 3.05) is 17.5 Å². The fourth-order valence-corrected chi connectivity index (χ4v) is 3.91. The quantitative estimate of drug-likeness (QED) is 0.689. The summed E-state index contributed by atoms with van der Waals surface area (Å²) in [5, 5.41) is 0. The smallest absolute Gasteiger partial charge is 0.326 e. The lowest BCUT2D eigenvalue weighted by molar-refractivity contribution is -0.141. The first-order valence-corrected chi connectivity index (χ1v) is 10.0. The number of esters is 1. The molecule has 0 saturated carbocycles. The first kappa shape index (κ1) is 20.0. The van der Waals surface area contributed by atoms with Gasteiger partial charge in [0.1, 0.15) is 6.54 Å². The van der Waals surface area contributed by atoms with Gasteiger partial charge >= 0.3 is 5.97 Å². The summed E-state index contributed by atoms with van der Waals surface area (Å²) in [7, 11) is -3.88. The van der Waals surface area contributed by atoms with Gasteiger partial charge in [-0.3, -0.25) is 9.10 Å². The Bertz CT molecular complexity index is 840. The van der Waals surface area contributed by atoms with Gasteiger partial charge in [0.05, 0.1) is 17.2 Å². The number of anilines is 1. The van der Waals surface area contributed by atoms with Crippen LogP contribution in [0.3, 0.4) is 0 Å². The van der Waals surface area contributed by atoms with Crippen LogP contribution in [0.4, 0.5) is 5.69 Å². The molecule has 0 radical (unpaired) electrons. The van der Waals surface area contributed by atoms with E-state index in [4.69, 9.17) is 4.74 Å². The zero-order valence-electron chi connectivity index (χ0n) is 15.6. The second-order valence-electron chi connectivity index (χ2n) is 6.38. The van der Waals surface area contributed by atoms with E-state index in [1.165, 1.54) is 0 Å². The number of benzene rings is 2. The lowest BCUT2D eigenvalue weighted by Crippen LogP contribution is -2.36. The van der Waals surface area contributed by atoms with Gasteiger partial charge in [-0.2, -0.15) is 0 Å². The molecular weight excluding hydrogens is 350 g/mol. The van der Waals surface area contributed by atoms with Crippen molar-refractivity contribution in [1.29, 1.82) is 0 Å². The number of sulfonamides is 1. The molecule has 0 amide bonds. The van der Waals surface area contributed by atoms with Crippen LogP contribution < -0.4 is 4.31 Å². The topological polar surface area (TPSA) is 63.7 Å². The van der Waals surface area contributed by atoms with Gasteiger partial charge in [0.2, 0.25) is 0 Å². The molecule has 0 aliphatic heterocycles. The van der Waals surface area contributed by atoms with Crippen molar-refractivity contribution in [2.45, 2.75) is 38.5 Å². The first-order valence-electron chi connectivity index (χ1n) is 8.60. The third-order valence-corrected chi connectivity index (χ3v) is 5.82. The van der Waals surface area contributed by atoms with Crippen LogP contribution in [0.2, 0.25) is 0 Å². The van der Waals surface area contributed by atoms with Crippen molar-refractivity contribution in [2.24, 2.45) is 0 Å². The highest BCUT2D eigenvalue weighted by Crippen LogP contribution is 2.26. The highest BCUT2D eigenvalue weighted by Gasteiger charge is 2.27. The Morgan fingerprint density at radius 2 is 1.62 bits per heavy atom. The number of carbonyl (C=O) groups is 1. The van der Waals surface area contributed by atoms with Gasteiger partial charge in [-0.1, -0.05) is 43.7 Å². The number of ether oxygens (including phenoxy) is 1. The van der Waals surface area contributed by atoms with Crippen molar-refractivity contribution in [3.63, 3.8) is 0 Å². The average Bonchev–Trinajstić information content (AvgIpc) is 2.60. The third kappa shape index (κ3) is 4.64. The molecule has 0 aliphatic rings. The predicted molar refractivity (Wildman–Crippen MR) is 103 cm³/mol. The van der Waals surface area contributed by atoms with Crippen LogP contribution in [0.15, 0.2) is 53.4 Å². The van der Waals surface area contributed by atoms with Crippen LogP contribution in [0.5, 0.6) is 0 Å². The van der Waals surface area contributed by atoms with Crippen molar-refractivity contribution < 1.29 is 17.9 Å². The molecule has 2 aromatic carbocycles. The Balaban J connectivity index is 2.45. The molecule has 0 aliphatic carbocycles. The summed E-state index contributed by atoms with van der Waals surface area (Å²) in [5.74, 6) is -0.257. The van der Waals surface area contributed by atoms with Crippen LogP contribution in [0, 0.1) is 6.92 Å². The standard InChI is InChI=1S/C20H25NO4S/c1-5-25-20(22)14-21(18-10-8-17(9-11-18)15(2)3)26(23,24)19-12-6-16(4)7-13-19/h6-13,15H,5,14H2,1-4H3. The minimum absolute atomic E-state index is 0.139. The van der Waals surface area contributed by atoms with E-state index in [0.29, 0.717) is 11.6 Å². The van der Waals surface area contributed by atoms with Gasteiger partial charge in [0, 0.05) is 0 Å². The zero-order valence-corrected chi connectivity index (χ0v) is 16.4. The molecule has 0 bridgehead atoms. The highest BCUT2D eigenvalue weighted by molar-refractivity contribution is 7.92. The third-order valence-electron chi connectivity index (χ3n) is 4.03. The maximum absolute atomic E-state index is 13.1. The molecule has 6 heteroatoms. The summed E-state index contributed by atoms with van der Waals surface area (Å²) in [4.78, 5) is 12.1. The molecule has 0 unspecified atom stereocenters. The van der Waals surface area contributed by atoms with Gasteiger partial charge in [0.25, 0.3) is 10.0 Å². The number of nitrogens with zero attached hydrogens (tertiary/aromatic N) is 1. The van der Waals surface area contributed by atoms with E-state index in [2.05, 4.69) is 13.8 Å². The number of rotatable bonds is 7. The fraction of sp³-hybridized carbons (Fsp3) is 0.350. The Labute approximate surface area is 155 Å². The van der Waals surface area contributed by atoms with Gasteiger partial charge in [-0.25, -0.2) is 8.42 Å². The highest BCUT2D eigenvalue weighted by atomic mass is 32.2. The first-order chi connectivity index (χ1) is 12.3.